The van der Waals surface area contributed by atoms with Crippen LogP contribution in [0, 0.1) is 5.82 Å². The molecule has 0 atom stereocenters. The van der Waals surface area contributed by atoms with E-state index in [-0.39, 0.29) is 5.91 Å². The molecule has 0 aliphatic heterocycles. The molecule has 0 aromatic heterocycles. The van der Waals surface area contributed by atoms with Crippen molar-refractivity contribution in [3.8, 4) is 5.75 Å². The number of benzene rings is 2. The predicted molar refractivity (Wildman–Crippen MR) is 92.5 cm³/mol. The van der Waals surface area contributed by atoms with E-state index in [1.165, 1.54) is 24.3 Å². The monoisotopic (exact) mass is 427 g/mol. The summed E-state index contributed by atoms with van der Waals surface area (Å²) in [6.45, 7) is 0. The average Bonchev–Trinajstić information content (AvgIpc) is 2.44. The van der Waals surface area contributed by atoms with Crippen molar-refractivity contribution in [1.29, 1.82) is 0 Å². The first-order valence-electron chi connectivity index (χ1n) is 6.27. The Hall–Kier alpha value is -1.66. The fraction of sp³-hybridized carbons (Fsp3) is 0.0625. The van der Waals surface area contributed by atoms with Crippen LogP contribution in [-0.2, 0) is 4.79 Å². The van der Waals surface area contributed by atoms with Crippen molar-refractivity contribution >= 4 is 49.5 Å². The van der Waals surface area contributed by atoms with Gasteiger partial charge in [0.2, 0.25) is 5.91 Å². The molecule has 0 radical (unpaired) electrons. The fourth-order valence-electron chi connectivity index (χ4n) is 1.84. The molecule has 0 bridgehead atoms. The third-order valence-corrected chi connectivity index (χ3v) is 3.79. The van der Waals surface area contributed by atoms with Crippen LogP contribution in [0.1, 0.15) is 5.56 Å². The first kappa shape index (κ1) is 16.7. The molecule has 0 spiro atoms. The van der Waals surface area contributed by atoms with Gasteiger partial charge in [0, 0.05) is 21.8 Å². The van der Waals surface area contributed by atoms with E-state index in [2.05, 4.69) is 37.2 Å². The van der Waals surface area contributed by atoms with Crippen molar-refractivity contribution in [2.75, 3.05) is 12.4 Å². The predicted octanol–water partition coefficient (Wildman–Crippen LogP) is 5.01. The number of anilines is 1. The Bertz CT molecular complexity index is 732. The van der Waals surface area contributed by atoms with E-state index in [0.717, 1.165) is 14.5 Å². The molecule has 0 saturated carbocycles. The number of halogens is 3. The van der Waals surface area contributed by atoms with Crippen molar-refractivity contribution in [2.45, 2.75) is 0 Å². The van der Waals surface area contributed by atoms with Gasteiger partial charge in [-0.15, -0.1) is 0 Å². The first-order valence-corrected chi connectivity index (χ1v) is 7.86. The lowest BCUT2D eigenvalue weighted by molar-refractivity contribution is -0.111. The highest BCUT2D eigenvalue weighted by Gasteiger charge is 2.07. The maximum atomic E-state index is 13.1. The second kappa shape index (κ2) is 7.56. The summed E-state index contributed by atoms with van der Waals surface area (Å²) in [4.78, 5) is 11.9. The van der Waals surface area contributed by atoms with Gasteiger partial charge in [-0.05, 0) is 52.3 Å². The maximum Gasteiger partial charge on any atom is 0.248 e. The lowest BCUT2D eigenvalue weighted by Crippen LogP contribution is -2.07. The summed E-state index contributed by atoms with van der Waals surface area (Å²) in [7, 11) is 1.55. The van der Waals surface area contributed by atoms with E-state index >= 15 is 0 Å². The lowest BCUT2D eigenvalue weighted by atomic mass is 10.2. The third-order valence-electron chi connectivity index (χ3n) is 2.75. The fourth-order valence-corrected chi connectivity index (χ4v) is 3.26. The molecule has 0 heterocycles. The number of nitrogens with one attached hydrogen (secondary N) is 1. The Kier molecular flexibility index (Phi) is 5.74. The van der Waals surface area contributed by atoms with Crippen molar-refractivity contribution in [3.63, 3.8) is 0 Å². The zero-order valence-corrected chi connectivity index (χ0v) is 14.7. The molecule has 0 fully saturated rings. The normalized spacial score (nSPS) is 10.7. The quantitative estimate of drug-likeness (QED) is 0.695. The van der Waals surface area contributed by atoms with E-state index in [1.807, 2.05) is 12.1 Å². The van der Waals surface area contributed by atoms with Crippen molar-refractivity contribution in [3.05, 3.63) is 62.8 Å². The van der Waals surface area contributed by atoms with E-state index in [1.54, 1.807) is 19.3 Å². The van der Waals surface area contributed by atoms with E-state index in [4.69, 9.17) is 4.74 Å². The van der Waals surface area contributed by atoms with Crippen LogP contribution in [0.4, 0.5) is 10.1 Å². The van der Waals surface area contributed by atoms with Crippen molar-refractivity contribution < 1.29 is 13.9 Å². The summed E-state index contributed by atoms with van der Waals surface area (Å²) in [6.07, 6.45) is 2.99. The lowest BCUT2D eigenvalue weighted by Gasteiger charge is -2.08. The van der Waals surface area contributed by atoms with E-state index in [0.29, 0.717) is 11.4 Å². The minimum atomic E-state index is -0.403. The summed E-state index contributed by atoms with van der Waals surface area (Å²) >= 11 is 6.78. The highest BCUT2D eigenvalue weighted by Crippen LogP contribution is 2.33. The van der Waals surface area contributed by atoms with E-state index in [9.17, 15) is 9.18 Å². The minimum Gasteiger partial charge on any atom is -0.495 e. The third kappa shape index (κ3) is 4.42. The van der Waals surface area contributed by atoms with Gasteiger partial charge in [-0.2, -0.15) is 0 Å². The Morgan fingerprint density at radius 1 is 1.27 bits per heavy atom. The summed E-state index contributed by atoms with van der Waals surface area (Å²) in [5, 5.41) is 2.59. The van der Waals surface area contributed by atoms with E-state index < -0.39 is 5.82 Å². The number of methoxy groups -OCH3 is 1. The number of rotatable bonds is 4. The molecular weight excluding hydrogens is 417 g/mol. The standard InChI is InChI=1S/C16H12Br2FNO2/c1-22-16-10(7-11(17)8-14(16)18)5-6-15(21)20-13-4-2-3-12(19)9-13/h2-9H,1H3,(H,20,21)/b6-5+. The molecule has 0 unspecified atom stereocenters. The molecule has 6 heteroatoms. The number of carbonyl (C=O) groups excluding carboxylic acids is 1. The maximum absolute atomic E-state index is 13.1. The van der Waals surface area contributed by atoms with Crippen LogP contribution >= 0.6 is 31.9 Å². The van der Waals surface area contributed by atoms with Gasteiger partial charge in [-0.25, -0.2) is 4.39 Å². The van der Waals surface area contributed by atoms with Gasteiger partial charge in [0.25, 0.3) is 0 Å². The Labute approximate surface area is 144 Å². The van der Waals surface area contributed by atoms with Gasteiger partial charge >= 0.3 is 0 Å². The molecule has 2 aromatic rings. The SMILES string of the molecule is COc1c(Br)cc(Br)cc1/C=C/C(=O)Nc1cccc(F)c1. The molecule has 0 aliphatic rings. The number of carbonyl (C=O) groups is 1. The van der Waals surface area contributed by atoms with Crippen LogP contribution in [0.3, 0.4) is 0 Å². The zero-order valence-electron chi connectivity index (χ0n) is 11.6. The van der Waals surface area contributed by atoms with Crippen LogP contribution < -0.4 is 10.1 Å². The van der Waals surface area contributed by atoms with Gasteiger partial charge in [-0.3, -0.25) is 4.79 Å². The number of hydrogen-bond acceptors (Lipinski definition) is 2. The van der Waals surface area contributed by atoms with Crippen LogP contribution in [-0.4, -0.2) is 13.0 Å². The highest BCUT2D eigenvalue weighted by atomic mass is 79.9. The number of ether oxygens (including phenoxy) is 1. The summed E-state index contributed by atoms with van der Waals surface area (Å²) in [5.74, 6) is -0.138. The Balaban J connectivity index is 2.16. The Morgan fingerprint density at radius 2 is 2.05 bits per heavy atom. The number of amides is 1. The molecule has 2 rings (SSSR count). The molecule has 0 aliphatic carbocycles. The second-order valence-electron chi connectivity index (χ2n) is 4.34. The molecule has 3 nitrogen and oxygen atoms in total. The average molecular weight is 429 g/mol. The molecular formula is C16H12Br2FNO2. The smallest absolute Gasteiger partial charge is 0.248 e. The zero-order chi connectivity index (χ0) is 16.1. The molecule has 2 aromatic carbocycles. The summed E-state index contributed by atoms with van der Waals surface area (Å²) in [5.41, 5.74) is 1.13. The van der Waals surface area contributed by atoms with Gasteiger partial charge in [0.15, 0.2) is 0 Å². The van der Waals surface area contributed by atoms with Crippen molar-refractivity contribution in [2.24, 2.45) is 0 Å². The van der Waals surface area contributed by atoms with Gasteiger partial charge < -0.3 is 10.1 Å². The molecule has 114 valence electrons. The second-order valence-corrected chi connectivity index (χ2v) is 6.11. The number of hydrogen-bond donors (Lipinski definition) is 1. The van der Waals surface area contributed by atoms with Gasteiger partial charge in [0.05, 0.1) is 11.6 Å². The van der Waals surface area contributed by atoms with Crippen LogP contribution in [0.15, 0.2) is 51.4 Å². The first-order chi connectivity index (χ1) is 10.5. The molecule has 0 saturated heterocycles. The topological polar surface area (TPSA) is 38.3 Å². The van der Waals surface area contributed by atoms with Gasteiger partial charge in [0.1, 0.15) is 11.6 Å². The van der Waals surface area contributed by atoms with Crippen LogP contribution in [0.2, 0.25) is 0 Å². The van der Waals surface area contributed by atoms with Crippen LogP contribution in [0.25, 0.3) is 6.08 Å². The summed E-state index contributed by atoms with van der Waals surface area (Å²) in [6, 6.07) is 9.39. The largest absolute Gasteiger partial charge is 0.495 e. The molecule has 1 N–H and O–H groups in total. The van der Waals surface area contributed by atoms with Crippen molar-refractivity contribution in [1.82, 2.24) is 0 Å². The Morgan fingerprint density at radius 3 is 2.73 bits per heavy atom. The molecule has 22 heavy (non-hydrogen) atoms. The molecule has 1 amide bonds. The minimum absolute atomic E-state index is 0.358. The van der Waals surface area contributed by atoms with Gasteiger partial charge in [-0.1, -0.05) is 22.0 Å². The summed E-state index contributed by atoms with van der Waals surface area (Å²) < 4.78 is 20.0. The van der Waals surface area contributed by atoms with Crippen LogP contribution in [0.5, 0.6) is 5.75 Å². The highest BCUT2D eigenvalue weighted by molar-refractivity contribution is 9.11.